The van der Waals surface area contributed by atoms with Crippen LogP contribution in [0.2, 0.25) is 0 Å². The van der Waals surface area contributed by atoms with Gasteiger partial charge in [0, 0.05) is 22.3 Å². The summed E-state index contributed by atoms with van der Waals surface area (Å²) in [5.74, 6) is 1.70. The van der Waals surface area contributed by atoms with Crippen LogP contribution in [0.4, 0.5) is 5.69 Å². The van der Waals surface area contributed by atoms with Crippen molar-refractivity contribution in [1.29, 1.82) is 0 Å². The number of nitrogens with zero attached hydrogens (tertiary/aromatic N) is 1. The van der Waals surface area contributed by atoms with Crippen molar-refractivity contribution in [3.05, 3.63) is 57.9 Å². The van der Waals surface area contributed by atoms with Crippen LogP contribution in [0, 0.1) is 13.8 Å². The van der Waals surface area contributed by atoms with Crippen molar-refractivity contribution in [1.82, 2.24) is 10.2 Å². The summed E-state index contributed by atoms with van der Waals surface area (Å²) in [5, 5.41) is 10.5. The second kappa shape index (κ2) is 5.77. The molecule has 0 amide bonds. The lowest BCUT2D eigenvalue weighted by Gasteiger charge is -2.08. The number of hydrogen-bond acceptors (Lipinski definition) is 3. The summed E-state index contributed by atoms with van der Waals surface area (Å²) in [7, 11) is 0. The van der Waals surface area contributed by atoms with Gasteiger partial charge in [0.25, 0.3) is 0 Å². The highest BCUT2D eigenvalue weighted by molar-refractivity contribution is 9.10. The van der Waals surface area contributed by atoms with Gasteiger partial charge in [-0.2, -0.15) is 5.10 Å². The fraction of sp³-hybridized carbons (Fsp3) is 0.188. The molecule has 0 spiro atoms. The quantitative estimate of drug-likeness (QED) is 0.722. The van der Waals surface area contributed by atoms with Crippen LogP contribution in [0.3, 0.4) is 0 Å². The van der Waals surface area contributed by atoms with Gasteiger partial charge in [-0.05, 0) is 49.7 Å². The minimum atomic E-state index is 0.682. The Hall–Kier alpha value is -2.01. The van der Waals surface area contributed by atoms with Gasteiger partial charge in [-0.25, -0.2) is 0 Å². The second-order valence-corrected chi connectivity index (χ2v) is 5.97. The van der Waals surface area contributed by atoms with Crippen molar-refractivity contribution < 1.29 is 4.42 Å². The molecule has 0 aliphatic heterocycles. The van der Waals surface area contributed by atoms with E-state index in [4.69, 9.17) is 4.42 Å². The Morgan fingerprint density at radius 2 is 2.10 bits per heavy atom. The lowest BCUT2D eigenvalue weighted by molar-refractivity contribution is 0.545. The molecule has 0 saturated carbocycles. The molecule has 0 unspecified atom stereocenters. The van der Waals surface area contributed by atoms with E-state index in [0.717, 1.165) is 32.9 Å². The molecule has 3 aromatic rings. The number of aryl methyl sites for hydroxylation is 2. The minimum absolute atomic E-state index is 0.682. The third kappa shape index (κ3) is 3.19. The largest absolute Gasteiger partial charge is 0.460 e. The van der Waals surface area contributed by atoms with Gasteiger partial charge in [0.15, 0.2) is 5.76 Å². The van der Waals surface area contributed by atoms with E-state index in [0.29, 0.717) is 6.54 Å². The average Bonchev–Trinajstić information content (AvgIpc) is 3.03. The van der Waals surface area contributed by atoms with E-state index in [1.807, 2.05) is 25.3 Å². The number of nitrogens with one attached hydrogen (secondary N) is 2. The van der Waals surface area contributed by atoms with Crippen LogP contribution in [-0.4, -0.2) is 10.2 Å². The first kappa shape index (κ1) is 13.9. The highest BCUT2D eigenvalue weighted by atomic mass is 79.9. The zero-order valence-electron chi connectivity index (χ0n) is 11.9. The first-order valence-electron chi connectivity index (χ1n) is 6.72. The van der Waals surface area contributed by atoms with E-state index in [2.05, 4.69) is 56.6 Å². The summed E-state index contributed by atoms with van der Waals surface area (Å²) in [4.78, 5) is 0. The van der Waals surface area contributed by atoms with E-state index in [1.54, 1.807) is 0 Å². The SMILES string of the molecule is Cc1cc(Br)cc(NCc2cn[nH]c2-c2ccc(C)o2)c1. The van der Waals surface area contributed by atoms with E-state index < -0.39 is 0 Å². The molecule has 0 atom stereocenters. The second-order valence-electron chi connectivity index (χ2n) is 5.05. The maximum Gasteiger partial charge on any atom is 0.152 e. The molecule has 108 valence electrons. The summed E-state index contributed by atoms with van der Waals surface area (Å²) >= 11 is 3.51. The van der Waals surface area contributed by atoms with Gasteiger partial charge in [-0.15, -0.1) is 0 Å². The average molecular weight is 346 g/mol. The molecule has 0 radical (unpaired) electrons. The number of H-pyrrole nitrogens is 1. The van der Waals surface area contributed by atoms with Crippen LogP contribution in [0.5, 0.6) is 0 Å². The zero-order chi connectivity index (χ0) is 14.8. The molecule has 0 fully saturated rings. The summed E-state index contributed by atoms with van der Waals surface area (Å²) in [6.07, 6.45) is 1.82. The van der Waals surface area contributed by atoms with Crippen molar-refractivity contribution in [2.45, 2.75) is 20.4 Å². The molecule has 1 aromatic carbocycles. The first-order valence-corrected chi connectivity index (χ1v) is 7.51. The predicted octanol–water partition coefficient (Wildman–Crippen LogP) is 4.66. The lowest BCUT2D eigenvalue weighted by Crippen LogP contribution is -2.00. The molecule has 21 heavy (non-hydrogen) atoms. The Morgan fingerprint density at radius 3 is 2.81 bits per heavy atom. The van der Waals surface area contributed by atoms with Gasteiger partial charge in [0.1, 0.15) is 11.5 Å². The van der Waals surface area contributed by atoms with Gasteiger partial charge < -0.3 is 9.73 Å². The van der Waals surface area contributed by atoms with Crippen molar-refractivity contribution in [2.75, 3.05) is 5.32 Å². The highest BCUT2D eigenvalue weighted by Crippen LogP contribution is 2.25. The number of benzene rings is 1. The maximum absolute atomic E-state index is 5.65. The predicted molar refractivity (Wildman–Crippen MR) is 87.2 cm³/mol. The first-order chi connectivity index (χ1) is 10.1. The van der Waals surface area contributed by atoms with E-state index >= 15 is 0 Å². The minimum Gasteiger partial charge on any atom is -0.460 e. The molecule has 2 aromatic heterocycles. The van der Waals surface area contributed by atoms with Crippen molar-refractivity contribution in [3.63, 3.8) is 0 Å². The number of hydrogen-bond donors (Lipinski definition) is 2. The Bertz CT molecular complexity index is 740. The van der Waals surface area contributed by atoms with Crippen molar-refractivity contribution >= 4 is 21.6 Å². The Labute approximate surface area is 131 Å². The third-order valence-corrected chi connectivity index (χ3v) is 3.69. The van der Waals surface area contributed by atoms with Gasteiger partial charge in [0.2, 0.25) is 0 Å². The zero-order valence-corrected chi connectivity index (χ0v) is 13.5. The number of furan rings is 1. The van der Waals surface area contributed by atoms with E-state index in [1.165, 1.54) is 5.56 Å². The monoisotopic (exact) mass is 345 g/mol. The number of aromatic amines is 1. The van der Waals surface area contributed by atoms with Crippen molar-refractivity contribution in [2.24, 2.45) is 0 Å². The van der Waals surface area contributed by atoms with Crippen LogP contribution in [0.15, 0.2) is 45.4 Å². The molecule has 4 nitrogen and oxygen atoms in total. The molecular formula is C16H16BrN3O. The molecule has 2 heterocycles. The van der Waals surface area contributed by atoms with Crippen molar-refractivity contribution in [3.8, 4) is 11.5 Å². The van der Waals surface area contributed by atoms with Crippen LogP contribution < -0.4 is 5.32 Å². The molecule has 0 aliphatic rings. The fourth-order valence-electron chi connectivity index (χ4n) is 2.26. The number of rotatable bonds is 4. The van der Waals surface area contributed by atoms with Crippen LogP contribution in [-0.2, 0) is 6.54 Å². The topological polar surface area (TPSA) is 53.9 Å². The summed E-state index contributed by atoms with van der Waals surface area (Å²) in [6, 6.07) is 10.2. The smallest absolute Gasteiger partial charge is 0.152 e. The van der Waals surface area contributed by atoms with E-state index in [9.17, 15) is 0 Å². The highest BCUT2D eigenvalue weighted by Gasteiger charge is 2.11. The summed E-state index contributed by atoms with van der Waals surface area (Å²) in [6.45, 7) is 4.69. The van der Waals surface area contributed by atoms with Crippen LogP contribution in [0.1, 0.15) is 16.9 Å². The molecule has 0 saturated heterocycles. The van der Waals surface area contributed by atoms with Crippen LogP contribution in [0.25, 0.3) is 11.5 Å². The summed E-state index contributed by atoms with van der Waals surface area (Å²) in [5.41, 5.74) is 4.27. The van der Waals surface area contributed by atoms with Gasteiger partial charge >= 0.3 is 0 Å². The molecule has 0 aliphatic carbocycles. The molecule has 0 bridgehead atoms. The third-order valence-electron chi connectivity index (χ3n) is 3.23. The Morgan fingerprint density at radius 1 is 1.24 bits per heavy atom. The standard InChI is InChI=1S/C16H16BrN3O/c1-10-5-13(17)7-14(6-10)18-8-12-9-19-20-16(12)15-4-3-11(2)21-15/h3-7,9,18H,8H2,1-2H3,(H,19,20). The van der Waals surface area contributed by atoms with Crippen LogP contribution >= 0.6 is 15.9 Å². The number of anilines is 1. The van der Waals surface area contributed by atoms with Gasteiger partial charge in [-0.1, -0.05) is 15.9 Å². The number of aromatic nitrogens is 2. The summed E-state index contributed by atoms with van der Waals surface area (Å²) < 4.78 is 6.72. The van der Waals surface area contributed by atoms with Gasteiger partial charge in [-0.3, -0.25) is 5.10 Å². The Balaban J connectivity index is 1.78. The van der Waals surface area contributed by atoms with E-state index in [-0.39, 0.29) is 0 Å². The fourth-order valence-corrected chi connectivity index (χ4v) is 2.87. The lowest BCUT2D eigenvalue weighted by atomic mass is 10.2. The molecular weight excluding hydrogens is 330 g/mol. The molecule has 5 heteroatoms. The maximum atomic E-state index is 5.65. The number of halogens is 1. The Kier molecular flexibility index (Phi) is 3.84. The van der Waals surface area contributed by atoms with Gasteiger partial charge in [0.05, 0.1) is 6.20 Å². The normalized spacial score (nSPS) is 10.8. The molecule has 3 rings (SSSR count). The molecule has 2 N–H and O–H groups in total.